The minimum absolute atomic E-state index is 0.0307. The number of rotatable bonds is 6. The van der Waals surface area contributed by atoms with Crippen molar-refractivity contribution in [2.45, 2.75) is 13.3 Å². The van der Waals surface area contributed by atoms with Gasteiger partial charge < -0.3 is 25.6 Å². The van der Waals surface area contributed by atoms with E-state index < -0.39 is 0 Å². The Bertz CT molecular complexity index is 823. The summed E-state index contributed by atoms with van der Waals surface area (Å²) in [6.07, 6.45) is 2.57. The molecular formula is C19H23N5O3. The standard InChI is InChI=1S/C19H23N5O3/c1-13-4-7-17(22-11-13)20-8-3-9-21-19(26)23-14-5-6-16-15(10-14)24(2)18(25)12-27-16/h4-7,10-11H,3,8-9,12H2,1-2H3,(H,20,22)(H2,21,23,26). The Balaban J connectivity index is 1.42. The monoisotopic (exact) mass is 369 g/mol. The fourth-order valence-electron chi connectivity index (χ4n) is 2.60. The second-order valence-corrected chi connectivity index (χ2v) is 6.31. The average Bonchev–Trinajstić information content (AvgIpc) is 2.66. The minimum Gasteiger partial charge on any atom is -0.482 e. The Morgan fingerprint density at radius 3 is 2.89 bits per heavy atom. The maximum atomic E-state index is 12.0. The number of pyridine rings is 1. The molecule has 3 N–H and O–H groups in total. The second kappa shape index (κ2) is 8.39. The molecule has 8 nitrogen and oxygen atoms in total. The van der Waals surface area contributed by atoms with Crippen LogP contribution in [0.2, 0.25) is 0 Å². The molecular weight excluding hydrogens is 346 g/mol. The molecule has 1 aromatic carbocycles. The number of aromatic nitrogens is 1. The molecule has 2 heterocycles. The van der Waals surface area contributed by atoms with Crippen molar-refractivity contribution in [1.82, 2.24) is 10.3 Å². The molecule has 0 spiro atoms. The van der Waals surface area contributed by atoms with Crippen molar-refractivity contribution in [2.75, 3.05) is 42.3 Å². The van der Waals surface area contributed by atoms with Crippen LogP contribution >= 0.6 is 0 Å². The van der Waals surface area contributed by atoms with Crippen LogP contribution < -0.4 is 25.6 Å². The first-order chi connectivity index (χ1) is 13.0. The van der Waals surface area contributed by atoms with E-state index in [1.165, 1.54) is 4.90 Å². The molecule has 0 radical (unpaired) electrons. The fraction of sp³-hybridized carbons (Fsp3) is 0.316. The Kier molecular flexibility index (Phi) is 5.75. The molecule has 0 unspecified atom stereocenters. The molecule has 8 heteroatoms. The van der Waals surface area contributed by atoms with Crippen LogP contribution in [-0.2, 0) is 4.79 Å². The fourth-order valence-corrected chi connectivity index (χ4v) is 2.60. The van der Waals surface area contributed by atoms with Crippen LogP contribution in [0, 0.1) is 6.92 Å². The maximum absolute atomic E-state index is 12.0. The van der Waals surface area contributed by atoms with E-state index in [9.17, 15) is 9.59 Å². The number of nitrogens with zero attached hydrogens (tertiary/aromatic N) is 2. The van der Waals surface area contributed by atoms with Crippen LogP contribution in [0.1, 0.15) is 12.0 Å². The molecule has 1 aliphatic heterocycles. The number of carbonyl (C=O) groups excluding carboxylic acids is 2. The first kappa shape index (κ1) is 18.5. The van der Waals surface area contributed by atoms with Crippen molar-refractivity contribution < 1.29 is 14.3 Å². The van der Waals surface area contributed by atoms with Gasteiger partial charge in [-0.15, -0.1) is 0 Å². The van der Waals surface area contributed by atoms with E-state index in [0.717, 1.165) is 17.8 Å². The summed E-state index contributed by atoms with van der Waals surface area (Å²) in [5, 5.41) is 8.77. The van der Waals surface area contributed by atoms with Gasteiger partial charge in [0.2, 0.25) is 0 Å². The number of ether oxygens (including phenoxy) is 1. The molecule has 0 aliphatic carbocycles. The van der Waals surface area contributed by atoms with Crippen LogP contribution in [-0.4, -0.2) is 43.7 Å². The molecule has 0 fully saturated rings. The lowest BCUT2D eigenvalue weighted by atomic mass is 10.2. The number of fused-ring (bicyclic) bond motifs is 1. The lowest BCUT2D eigenvalue weighted by Gasteiger charge is -2.26. The SMILES string of the molecule is Cc1ccc(NCCCNC(=O)Nc2ccc3c(c2)N(C)C(=O)CO3)nc1. The van der Waals surface area contributed by atoms with E-state index in [-0.39, 0.29) is 18.5 Å². The minimum atomic E-state index is -0.297. The van der Waals surface area contributed by atoms with Crippen LogP contribution in [0.4, 0.5) is 22.0 Å². The highest BCUT2D eigenvalue weighted by molar-refractivity contribution is 5.99. The topological polar surface area (TPSA) is 95.6 Å². The van der Waals surface area contributed by atoms with Crippen molar-refractivity contribution >= 4 is 29.1 Å². The quantitative estimate of drug-likeness (QED) is 0.680. The summed E-state index contributed by atoms with van der Waals surface area (Å²) < 4.78 is 5.37. The predicted molar refractivity (Wildman–Crippen MR) is 104 cm³/mol. The van der Waals surface area contributed by atoms with E-state index in [2.05, 4.69) is 20.9 Å². The Hall–Kier alpha value is -3.29. The number of nitrogens with one attached hydrogen (secondary N) is 3. The normalized spacial score (nSPS) is 12.8. The summed E-state index contributed by atoms with van der Waals surface area (Å²) in [7, 11) is 1.68. The number of benzene rings is 1. The summed E-state index contributed by atoms with van der Waals surface area (Å²) in [6, 6.07) is 8.83. The van der Waals surface area contributed by atoms with Gasteiger partial charge in [0, 0.05) is 32.0 Å². The average molecular weight is 369 g/mol. The zero-order valence-corrected chi connectivity index (χ0v) is 15.4. The third-order valence-electron chi connectivity index (χ3n) is 4.16. The first-order valence-electron chi connectivity index (χ1n) is 8.78. The van der Waals surface area contributed by atoms with Crippen molar-refractivity contribution in [3.8, 4) is 5.75 Å². The predicted octanol–water partition coefficient (Wildman–Crippen LogP) is 2.37. The lowest BCUT2D eigenvalue weighted by Crippen LogP contribution is -2.35. The molecule has 3 amide bonds. The summed E-state index contributed by atoms with van der Waals surface area (Å²) in [6.45, 7) is 3.25. The molecule has 0 bridgehead atoms. The van der Waals surface area contributed by atoms with Gasteiger partial charge >= 0.3 is 6.03 Å². The van der Waals surface area contributed by atoms with E-state index in [4.69, 9.17) is 4.74 Å². The van der Waals surface area contributed by atoms with Gasteiger partial charge in [0.05, 0.1) is 5.69 Å². The highest BCUT2D eigenvalue weighted by atomic mass is 16.5. The number of likely N-dealkylation sites (N-methyl/N-ethyl adjacent to an activating group) is 1. The van der Waals surface area contributed by atoms with Gasteiger partial charge in [-0.1, -0.05) is 6.07 Å². The van der Waals surface area contributed by atoms with E-state index in [1.54, 1.807) is 25.2 Å². The molecule has 0 saturated heterocycles. The molecule has 1 aliphatic rings. The molecule has 3 rings (SSSR count). The third kappa shape index (κ3) is 4.87. The van der Waals surface area contributed by atoms with E-state index in [0.29, 0.717) is 30.2 Å². The molecule has 1 aromatic heterocycles. The van der Waals surface area contributed by atoms with Gasteiger partial charge in [0.15, 0.2) is 6.61 Å². The summed E-state index contributed by atoms with van der Waals surface area (Å²) in [4.78, 5) is 29.5. The van der Waals surface area contributed by atoms with Gasteiger partial charge in [-0.25, -0.2) is 9.78 Å². The number of aryl methyl sites for hydroxylation is 1. The second-order valence-electron chi connectivity index (χ2n) is 6.31. The highest BCUT2D eigenvalue weighted by Crippen LogP contribution is 2.33. The Morgan fingerprint density at radius 2 is 2.11 bits per heavy atom. The molecule has 0 atom stereocenters. The number of amides is 3. The van der Waals surface area contributed by atoms with Crippen LogP contribution in [0.5, 0.6) is 5.75 Å². The van der Waals surface area contributed by atoms with Gasteiger partial charge in [-0.05, 0) is 43.2 Å². The number of anilines is 3. The van der Waals surface area contributed by atoms with Crippen LogP contribution in [0.25, 0.3) is 0 Å². The summed E-state index contributed by atoms with van der Waals surface area (Å²) in [5.74, 6) is 1.32. The molecule has 142 valence electrons. The number of hydrogen-bond acceptors (Lipinski definition) is 5. The zero-order chi connectivity index (χ0) is 19.2. The molecule has 2 aromatic rings. The molecule has 27 heavy (non-hydrogen) atoms. The number of carbonyl (C=O) groups is 2. The summed E-state index contributed by atoms with van der Waals surface area (Å²) in [5.41, 5.74) is 2.35. The van der Waals surface area contributed by atoms with E-state index >= 15 is 0 Å². The molecule has 0 saturated carbocycles. The van der Waals surface area contributed by atoms with Crippen LogP contribution in [0.15, 0.2) is 36.5 Å². The Morgan fingerprint density at radius 1 is 1.26 bits per heavy atom. The lowest BCUT2D eigenvalue weighted by molar-refractivity contribution is -0.120. The van der Waals surface area contributed by atoms with Crippen LogP contribution in [0.3, 0.4) is 0 Å². The van der Waals surface area contributed by atoms with Gasteiger partial charge in [-0.3, -0.25) is 4.79 Å². The smallest absolute Gasteiger partial charge is 0.319 e. The van der Waals surface area contributed by atoms with Crippen molar-refractivity contribution in [2.24, 2.45) is 0 Å². The largest absolute Gasteiger partial charge is 0.482 e. The number of urea groups is 1. The Labute approximate surface area is 157 Å². The highest BCUT2D eigenvalue weighted by Gasteiger charge is 2.22. The van der Waals surface area contributed by atoms with E-state index in [1.807, 2.05) is 25.3 Å². The van der Waals surface area contributed by atoms with Gasteiger partial charge in [0.1, 0.15) is 11.6 Å². The van der Waals surface area contributed by atoms with Gasteiger partial charge in [-0.2, -0.15) is 0 Å². The van der Waals surface area contributed by atoms with Crippen molar-refractivity contribution in [3.63, 3.8) is 0 Å². The van der Waals surface area contributed by atoms with Crippen molar-refractivity contribution in [3.05, 3.63) is 42.1 Å². The number of hydrogen-bond donors (Lipinski definition) is 3. The third-order valence-corrected chi connectivity index (χ3v) is 4.16. The van der Waals surface area contributed by atoms with Gasteiger partial charge in [0.25, 0.3) is 5.91 Å². The van der Waals surface area contributed by atoms with Crippen molar-refractivity contribution in [1.29, 1.82) is 0 Å². The maximum Gasteiger partial charge on any atom is 0.319 e. The first-order valence-corrected chi connectivity index (χ1v) is 8.78. The zero-order valence-electron chi connectivity index (χ0n) is 15.4. The summed E-state index contributed by atoms with van der Waals surface area (Å²) >= 11 is 0.